The summed E-state index contributed by atoms with van der Waals surface area (Å²) in [6.07, 6.45) is -0.333. The van der Waals surface area contributed by atoms with Crippen LogP contribution in [0.1, 0.15) is 41.4 Å². The highest BCUT2D eigenvalue weighted by molar-refractivity contribution is 5.94. The zero-order valence-electron chi connectivity index (χ0n) is 14.7. The first-order valence-corrected chi connectivity index (χ1v) is 8.42. The Morgan fingerprint density at radius 1 is 1.00 bits per heavy atom. The molecule has 0 saturated heterocycles. The molecule has 0 amide bonds. The molecule has 0 radical (unpaired) electrons. The van der Waals surface area contributed by atoms with Gasteiger partial charge in [-0.15, -0.1) is 0 Å². The van der Waals surface area contributed by atoms with Crippen molar-refractivity contribution in [3.8, 4) is 0 Å². The summed E-state index contributed by atoms with van der Waals surface area (Å²) >= 11 is 0. The number of hydrogen-bond donors (Lipinski definition) is 0. The van der Waals surface area contributed by atoms with Crippen LogP contribution in [0.15, 0.2) is 42.5 Å². The average molecular weight is 324 g/mol. The number of carbonyl (C=O) groups is 1. The van der Waals surface area contributed by atoms with Crippen LogP contribution in [0.25, 0.3) is 0 Å². The molecule has 0 fully saturated rings. The van der Waals surface area contributed by atoms with Crippen LogP contribution in [-0.2, 0) is 4.74 Å². The zero-order chi connectivity index (χ0) is 17.3. The van der Waals surface area contributed by atoms with Crippen LogP contribution in [-0.4, -0.2) is 33.2 Å². The monoisotopic (exact) mass is 324 g/mol. The Hall–Kier alpha value is -2.49. The predicted molar refractivity (Wildman–Crippen MR) is 98.0 cm³/mol. The van der Waals surface area contributed by atoms with E-state index >= 15 is 0 Å². The minimum Gasteiger partial charge on any atom is -0.449 e. The third-order valence-electron chi connectivity index (χ3n) is 4.61. The summed E-state index contributed by atoms with van der Waals surface area (Å²) in [6.45, 7) is 6.10. The van der Waals surface area contributed by atoms with E-state index in [1.165, 1.54) is 0 Å². The van der Waals surface area contributed by atoms with E-state index in [1.54, 1.807) is 0 Å². The Morgan fingerprint density at radius 3 is 2.38 bits per heavy atom. The fourth-order valence-electron chi connectivity index (χ4n) is 3.25. The molecule has 1 atom stereocenters. The maximum absolute atomic E-state index is 12.2. The van der Waals surface area contributed by atoms with E-state index in [0.717, 1.165) is 35.6 Å². The summed E-state index contributed by atoms with van der Waals surface area (Å²) < 4.78 is 5.72. The van der Waals surface area contributed by atoms with Crippen LogP contribution >= 0.6 is 0 Å². The number of anilines is 2. The number of ether oxygens (including phenoxy) is 1. The van der Waals surface area contributed by atoms with Gasteiger partial charge in [0.05, 0.1) is 5.56 Å². The Kier molecular flexibility index (Phi) is 4.47. The predicted octanol–water partition coefficient (Wildman–Crippen LogP) is 3.86. The molecular weight excluding hydrogens is 300 g/mol. The number of cyclic esters (lactones) is 1. The molecule has 4 heteroatoms. The van der Waals surface area contributed by atoms with E-state index < -0.39 is 0 Å². The molecule has 0 aromatic heterocycles. The molecule has 1 aliphatic rings. The molecule has 4 nitrogen and oxygen atoms in total. The molecular formula is C20H24N2O2. The lowest BCUT2D eigenvalue weighted by Gasteiger charge is -2.28. The van der Waals surface area contributed by atoms with Crippen molar-refractivity contribution in [1.82, 2.24) is 0 Å². The van der Waals surface area contributed by atoms with Gasteiger partial charge in [0.25, 0.3) is 0 Å². The summed E-state index contributed by atoms with van der Waals surface area (Å²) in [4.78, 5) is 16.6. The van der Waals surface area contributed by atoms with Gasteiger partial charge in [-0.2, -0.15) is 0 Å². The Bertz CT molecular complexity index is 751. The van der Waals surface area contributed by atoms with E-state index in [-0.39, 0.29) is 12.1 Å². The van der Waals surface area contributed by atoms with Crippen LogP contribution in [0.2, 0.25) is 0 Å². The molecule has 1 heterocycles. The van der Waals surface area contributed by atoms with Gasteiger partial charge >= 0.3 is 5.97 Å². The standard InChI is InChI=1S/C20H24N2O2/c1-5-22(6-2)18-13-14(21(3)4)11-12-17(18)19-15-9-7-8-10-16(15)20(23)24-19/h7-13,19H,5-6H2,1-4H3. The topological polar surface area (TPSA) is 32.8 Å². The van der Waals surface area contributed by atoms with Gasteiger partial charge in [-0.05, 0) is 32.0 Å². The molecule has 0 bridgehead atoms. The molecule has 1 unspecified atom stereocenters. The van der Waals surface area contributed by atoms with Crippen LogP contribution in [0, 0.1) is 0 Å². The van der Waals surface area contributed by atoms with Crippen molar-refractivity contribution in [2.75, 3.05) is 37.0 Å². The maximum atomic E-state index is 12.2. The normalized spacial score (nSPS) is 15.8. The van der Waals surface area contributed by atoms with Crippen molar-refractivity contribution < 1.29 is 9.53 Å². The smallest absolute Gasteiger partial charge is 0.339 e. The second-order valence-corrected chi connectivity index (χ2v) is 6.18. The van der Waals surface area contributed by atoms with Gasteiger partial charge in [0.1, 0.15) is 0 Å². The lowest BCUT2D eigenvalue weighted by molar-refractivity contribution is 0.0456. The summed E-state index contributed by atoms with van der Waals surface area (Å²) in [5, 5.41) is 0. The highest BCUT2D eigenvalue weighted by Crippen LogP contribution is 2.41. The van der Waals surface area contributed by atoms with E-state index in [1.807, 2.05) is 38.4 Å². The van der Waals surface area contributed by atoms with Gasteiger partial charge in [0, 0.05) is 49.7 Å². The number of nitrogens with zero attached hydrogens (tertiary/aromatic N) is 2. The van der Waals surface area contributed by atoms with Crippen LogP contribution in [0.5, 0.6) is 0 Å². The maximum Gasteiger partial charge on any atom is 0.339 e. The fourth-order valence-corrected chi connectivity index (χ4v) is 3.25. The first-order valence-electron chi connectivity index (χ1n) is 8.42. The minimum absolute atomic E-state index is 0.238. The molecule has 2 aromatic carbocycles. The molecule has 2 aromatic rings. The molecule has 126 valence electrons. The van der Waals surface area contributed by atoms with Crippen molar-refractivity contribution in [3.63, 3.8) is 0 Å². The van der Waals surface area contributed by atoms with Crippen molar-refractivity contribution in [3.05, 3.63) is 59.2 Å². The van der Waals surface area contributed by atoms with Crippen molar-refractivity contribution >= 4 is 17.3 Å². The van der Waals surface area contributed by atoms with Crippen LogP contribution in [0.4, 0.5) is 11.4 Å². The van der Waals surface area contributed by atoms with Crippen LogP contribution < -0.4 is 9.80 Å². The third kappa shape index (κ3) is 2.73. The number of rotatable bonds is 5. The molecule has 0 aliphatic carbocycles. The van der Waals surface area contributed by atoms with Crippen molar-refractivity contribution in [2.24, 2.45) is 0 Å². The largest absolute Gasteiger partial charge is 0.449 e. The van der Waals surface area contributed by atoms with Gasteiger partial charge in [0.15, 0.2) is 6.10 Å². The summed E-state index contributed by atoms with van der Waals surface area (Å²) in [6, 6.07) is 14.0. The van der Waals surface area contributed by atoms with Gasteiger partial charge in [-0.3, -0.25) is 0 Å². The number of esters is 1. The third-order valence-corrected chi connectivity index (χ3v) is 4.61. The fraction of sp³-hybridized carbons (Fsp3) is 0.350. The van der Waals surface area contributed by atoms with Crippen LogP contribution in [0.3, 0.4) is 0 Å². The second-order valence-electron chi connectivity index (χ2n) is 6.18. The zero-order valence-corrected chi connectivity index (χ0v) is 14.7. The summed E-state index contributed by atoms with van der Waals surface area (Å²) in [5.74, 6) is -0.238. The number of carbonyl (C=O) groups excluding carboxylic acids is 1. The lowest BCUT2D eigenvalue weighted by atomic mass is 9.97. The van der Waals surface area contributed by atoms with E-state index in [2.05, 4.69) is 41.8 Å². The minimum atomic E-state index is -0.333. The molecule has 0 N–H and O–H groups in total. The lowest BCUT2D eigenvalue weighted by Crippen LogP contribution is -2.24. The van der Waals surface area contributed by atoms with Crippen molar-refractivity contribution in [2.45, 2.75) is 20.0 Å². The van der Waals surface area contributed by atoms with E-state index in [9.17, 15) is 4.79 Å². The van der Waals surface area contributed by atoms with E-state index in [4.69, 9.17) is 4.74 Å². The van der Waals surface area contributed by atoms with E-state index in [0.29, 0.717) is 5.56 Å². The summed E-state index contributed by atoms with van der Waals surface area (Å²) in [5.41, 5.74) is 4.93. The highest BCUT2D eigenvalue weighted by Gasteiger charge is 2.33. The summed E-state index contributed by atoms with van der Waals surface area (Å²) in [7, 11) is 4.07. The quantitative estimate of drug-likeness (QED) is 0.782. The van der Waals surface area contributed by atoms with Gasteiger partial charge in [-0.1, -0.05) is 24.3 Å². The molecule has 3 rings (SSSR count). The number of hydrogen-bond acceptors (Lipinski definition) is 4. The van der Waals surface area contributed by atoms with Crippen molar-refractivity contribution in [1.29, 1.82) is 0 Å². The first kappa shape index (κ1) is 16.4. The molecule has 24 heavy (non-hydrogen) atoms. The van der Waals surface area contributed by atoms with Gasteiger partial charge in [0.2, 0.25) is 0 Å². The second kappa shape index (κ2) is 6.56. The number of fused-ring (bicyclic) bond motifs is 1. The highest BCUT2D eigenvalue weighted by atomic mass is 16.5. The molecule has 0 saturated carbocycles. The molecule has 1 aliphatic heterocycles. The average Bonchev–Trinajstić information content (AvgIpc) is 2.93. The SMILES string of the molecule is CCN(CC)c1cc(N(C)C)ccc1C1OC(=O)c2ccccc21. The van der Waals surface area contributed by atoms with Gasteiger partial charge < -0.3 is 14.5 Å². The Morgan fingerprint density at radius 2 is 1.71 bits per heavy atom. The Balaban J connectivity index is 2.13. The Labute approximate surface area is 143 Å². The number of benzene rings is 2. The first-order chi connectivity index (χ1) is 11.6. The van der Waals surface area contributed by atoms with Gasteiger partial charge in [-0.25, -0.2) is 4.79 Å². The molecule has 0 spiro atoms.